The van der Waals surface area contributed by atoms with E-state index < -0.39 is 10.0 Å². The highest BCUT2D eigenvalue weighted by Crippen LogP contribution is 2.31. The van der Waals surface area contributed by atoms with E-state index in [2.05, 4.69) is 24.2 Å². The van der Waals surface area contributed by atoms with E-state index in [4.69, 9.17) is 0 Å². The van der Waals surface area contributed by atoms with Gasteiger partial charge in [-0.25, -0.2) is 13.4 Å². The van der Waals surface area contributed by atoms with Crippen LogP contribution in [0.2, 0.25) is 0 Å². The Morgan fingerprint density at radius 2 is 1.93 bits per heavy atom. The van der Waals surface area contributed by atoms with Gasteiger partial charge < -0.3 is 4.57 Å². The molecule has 0 amide bonds. The van der Waals surface area contributed by atoms with Crippen LogP contribution in [0.3, 0.4) is 0 Å². The SMILES string of the molecule is CCCc1ccc(S(=O)(=O)N2CC=C(c3cn(C)c4ncccc34)CC2)cc1. The van der Waals surface area contributed by atoms with Crippen molar-refractivity contribution in [3.63, 3.8) is 0 Å². The highest BCUT2D eigenvalue weighted by molar-refractivity contribution is 7.89. The van der Waals surface area contributed by atoms with Crippen molar-refractivity contribution in [2.75, 3.05) is 13.1 Å². The molecular formula is C22H25N3O2S. The zero-order valence-corrected chi connectivity index (χ0v) is 17.1. The fourth-order valence-electron chi connectivity index (χ4n) is 3.85. The Morgan fingerprint density at radius 3 is 2.61 bits per heavy atom. The lowest BCUT2D eigenvalue weighted by Crippen LogP contribution is -2.34. The number of benzene rings is 1. The van der Waals surface area contributed by atoms with Crippen LogP contribution in [0.5, 0.6) is 0 Å². The predicted molar refractivity (Wildman–Crippen MR) is 113 cm³/mol. The summed E-state index contributed by atoms with van der Waals surface area (Å²) in [6.45, 7) is 3.00. The van der Waals surface area contributed by atoms with Gasteiger partial charge in [-0.3, -0.25) is 0 Å². The van der Waals surface area contributed by atoms with E-state index in [0.717, 1.165) is 29.4 Å². The summed E-state index contributed by atoms with van der Waals surface area (Å²) in [4.78, 5) is 4.81. The van der Waals surface area contributed by atoms with Crippen molar-refractivity contribution >= 4 is 26.6 Å². The average molecular weight is 396 g/mol. The van der Waals surface area contributed by atoms with Crippen molar-refractivity contribution in [1.29, 1.82) is 0 Å². The molecule has 1 aliphatic heterocycles. The summed E-state index contributed by atoms with van der Waals surface area (Å²) in [5.74, 6) is 0. The molecule has 146 valence electrons. The summed E-state index contributed by atoms with van der Waals surface area (Å²) in [6.07, 6.45) is 8.63. The molecule has 0 unspecified atom stereocenters. The zero-order valence-electron chi connectivity index (χ0n) is 16.3. The van der Waals surface area contributed by atoms with Crippen molar-refractivity contribution in [1.82, 2.24) is 13.9 Å². The van der Waals surface area contributed by atoms with E-state index in [9.17, 15) is 8.42 Å². The molecule has 3 aromatic rings. The number of nitrogens with zero attached hydrogens (tertiary/aromatic N) is 3. The molecule has 3 heterocycles. The van der Waals surface area contributed by atoms with E-state index in [1.54, 1.807) is 22.6 Å². The average Bonchev–Trinajstić information content (AvgIpc) is 3.06. The van der Waals surface area contributed by atoms with Gasteiger partial charge in [-0.1, -0.05) is 31.6 Å². The van der Waals surface area contributed by atoms with Gasteiger partial charge in [0.2, 0.25) is 10.0 Å². The molecule has 5 nitrogen and oxygen atoms in total. The number of aromatic nitrogens is 2. The van der Waals surface area contributed by atoms with Gasteiger partial charge in [-0.2, -0.15) is 4.31 Å². The lowest BCUT2D eigenvalue weighted by atomic mass is 10.0. The molecule has 0 aliphatic carbocycles. The standard InChI is InChI=1S/C22H25N3O2S/c1-3-5-17-7-9-19(10-8-17)28(26,27)25-14-11-18(12-15-25)21-16-24(2)22-20(21)6-4-13-23-22/h4,6-11,13,16H,3,5,12,14-15H2,1-2H3. The molecule has 0 radical (unpaired) electrons. The lowest BCUT2D eigenvalue weighted by molar-refractivity contribution is 0.441. The Hall–Kier alpha value is -2.44. The van der Waals surface area contributed by atoms with E-state index in [0.29, 0.717) is 24.4 Å². The topological polar surface area (TPSA) is 55.2 Å². The molecule has 0 saturated heterocycles. The molecule has 0 fully saturated rings. The van der Waals surface area contributed by atoms with Gasteiger partial charge in [-0.05, 0) is 48.2 Å². The Labute approximate surface area is 166 Å². The van der Waals surface area contributed by atoms with Crippen LogP contribution in [-0.2, 0) is 23.5 Å². The highest BCUT2D eigenvalue weighted by atomic mass is 32.2. The summed E-state index contributed by atoms with van der Waals surface area (Å²) < 4.78 is 29.6. The quantitative estimate of drug-likeness (QED) is 0.656. The summed E-state index contributed by atoms with van der Waals surface area (Å²) in [5.41, 5.74) is 4.45. The molecule has 6 heteroatoms. The van der Waals surface area contributed by atoms with Crippen LogP contribution in [0.4, 0.5) is 0 Å². The van der Waals surface area contributed by atoms with Gasteiger partial charge in [0.25, 0.3) is 0 Å². The van der Waals surface area contributed by atoms with Crippen LogP contribution in [0.1, 0.15) is 30.9 Å². The van der Waals surface area contributed by atoms with Crippen LogP contribution >= 0.6 is 0 Å². The van der Waals surface area contributed by atoms with Gasteiger partial charge in [0, 0.05) is 43.5 Å². The smallest absolute Gasteiger partial charge is 0.243 e. The first-order valence-corrected chi connectivity index (χ1v) is 11.1. The second-order valence-electron chi connectivity index (χ2n) is 7.26. The van der Waals surface area contributed by atoms with Gasteiger partial charge >= 0.3 is 0 Å². The van der Waals surface area contributed by atoms with Crippen molar-refractivity contribution in [3.05, 3.63) is 66.0 Å². The fraction of sp³-hybridized carbons (Fsp3) is 0.318. The minimum Gasteiger partial charge on any atom is -0.335 e. The first kappa shape index (κ1) is 18.9. The van der Waals surface area contributed by atoms with Crippen LogP contribution in [-0.4, -0.2) is 35.4 Å². The van der Waals surface area contributed by atoms with Gasteiger partial charge in [-0.15, -0.1) is 0 Å². The van der Waals surface area contributed by atoms with Gasteiger partial charge in [0.1, 0.15) is 5.65 Å². The van der Waals surface area contributed by atoms with Gasteiger partial charge in [0.05, 0.1) is 4.90 Å². The lowest BCUT2D eigenvalue weighted by Gasteiger charge is -2.26. The van der Waals surface area contributed by atoms with Crippen molar-refractivity contribution in [2.24, 2.45) is 7.05 Å². The molecule has 0 N–H and O–H groups in total. The second kappa shape index (κ2) is 7.53. The fourth-order valence-corrected chi connectivity index (χ4v) is 5.23. The Morgan fingerprint density at radius 1 is 1.14 bits per heavy atom. The van der Waals surface area contributed by atoms with E-state index in [-0.39, 0.29) is 0 Å². The third-order valence-electron chi connectivity index (χ3n) is 5.35. The molecule has 4 rings (SSSR count). The molecule has 0 saturated carbocycles. The van der Waals surface area contributed by atoms with Crippen molar-refractivity contribution < 1.29 is 8.42 Å². The summed E-state index contributed by atoms with van der Waals surface area (Å²) in [6, 6.07) is 11.3. The predicted octanol–water partition coefficient (Wildman–Crippen LogP) is 4.00. The molecule has 1 aromatic carbocycles. The Bertz CT molecular complexity index is 1130. The molecule has 1 aliphatic rings. The number of sulfonamides is 1. The number of pyridine rings is 1. The van der Waals surface area contributed by atoms with Crippen LogP contribution in [0.15, 0.2) is 59.8 Å². The first-order chi connectivity index (χ1) is 13.5. The van der Waals surface area contributed by atoms with Crippen LogP contribution in [0, 0.1) is 0 Å². The number of hydrogen-bond donors (Lipinski definition) is 0. The monoisotopic (exact) mass is 395 g/mol. The minimum absolute atomic E-state index is 0.374. The van der Waals surface area contributed by atoms with Crippen LogP contribution in [0.25, 0.3) is 16.6 Å². The number of rotatable bonds is 5. The number of fused-ring (bicyclic) bond motifs is 1. The maximum atomic E-state index is 13.0. The highest BCUT2D eigenvalue weighted by Gasteiger charge is 2.27. The van der Waals surface area contributed by atoms with E-state index in [1.165, 1.54) is 11.1 Å². The van der Waals surface area contributed by atoms with Crippen LogP contribution < -0.4 is 0 Å². The molecule has 0 atom stereocenters. The Kier molecular flexibility index (Phi) is 5.08. The minimum atomic E-state index is -3.47. The van der Waals surface area contributed by atoms with E-state index >= 15 is 0 Å². The Balaban J connectivity index is 1.57. The third kappa shape index (κ3) is 3.38. The molecule has 28 heavy (non-hydrogen) atoms. The maximum Gasteiger partial charge on any atom is 0.243 e. The summed E-state index contributed by atoms with van der Waals surface area (Å²) in [7, 11) is -1.48. The normalized spacial score (nSPS) is 15.7. The summed E-state index contributed by atoms with van der Waals surface area (Å²) >= 11 is 0. The molecule has 2 aromatic heterocycles. The van der Waals surface area contributed by atoms with Crippen molar-refractivity contribution in [3.8, 4) is 0 Å². The summed E-state index contributed by atoms with van der Waals surface area (Å²) in [5, 5.41) is 1.11. The second-order valence-corrected chi connectivity index (χ2v) is 9.20. The van der Waals surface area contributed by atoms with Gasteiger partial charge in [0.15, 0.2) is 0 Å². The number of hydrogen-bond acceptors (Lipinski definition) is 3. The van der Waals surface area contributed by atoms with Crippen molar-refractivity contribution in [2.45, 2.75) is 31.1 Å². The third-order valence-corrected chi connectivity index (χ3v) is 7.23. The number of aryl methyl sites for hydroxylation is 2. The largest absolute Gasteiger partial charge is 0.335 e. The first-order valence-electron chi connectivity index (χ1n) is 9.69. The molecular weight excluding hydrogens is 370 g/mol. The zero-order chi connectivity index (χ0) is 19.7. The molecule has 0 bridgehead atoms. The van der Waals surface area contributed by atoms with E-state index in [1.807, 2.05) is 35.9 Å². The molecule has 0 spiro atoms. The maximum absolute atomic E-state index is 13.0.